The van der Waals surface area contributed by atoms with E-state index in [0.717, 1.165) is 5.56 Å². The van der Waals surface area contributed by atoms with Crippen LogP contribution in [0.1, 0.15) is 10.5 Å². The minimum atomic E-state index is -0.365. The molecule has 1 heterocycles. The van der Waals surface area contributed by atoms with Crippen LogP contribution in [0.2, 0.25) is 0 Å². The zero-order valence-corrected chi connectivity index (χ0v) is 13.9. The van der Waals surface area contributed by atoms with E-state index in [-0.39, 0.29) is 17.4 Å². The Morgan fingerprint density at radius 3 is 2.62 bits per heavy atom. The Balaban J connectivity index is 1.99. The molecule has 26 heavy (non-hydrogen) atoms. The van der Waals surface area contributed by atoms with Gasteiger partial charge in [0.15, 0.2) is 5.82 Å². The number of hydrogen-bond acceptors (Lipinski definition) is 4. The first-order chi connectivity index (χ1) is 12.7. The van der Waals surface area contributed by atoms with Gasteiger partial charge in [-0.2, -0.15) is 0 Å². The summed E-state index contributed by atoms with van der Waals surface area (Å²) in [5.41, 5.74) is 1.51. The van der Waals surface area contributed by atoms with E-state index in [4.69, 9.17) is 0 Å². The molecule has 1 amide bonds. The fraction of sp³-hybridized carbons (Fsp3) is 0.0500. The van der Waals surface area contributed by atoms with Crippen molar-refractivity contribution in [3.63, 3.8) is 0 Å². The lowest BCUT2D eigenvalue weighted by Crippen LogP contribution is -2.24. The Morgan fingerprint density at radius 2 is 1.88 bits per heavy atom. The summed E-state index contributed by atoms with van der Waals surface area (Å²) in [4.78, 5) is 21.1. The molecule has 0 aliphatic heterocycles. The van der Waals surface area contributed by atoms with Crippen LogP contribution in [0.3, 0.4) is 0 Å². The second-order valence-electron chi connectivity index (χ2n) is 5.46. The second kappa shape index (κ2) is 8.02. The molecule has 130 valence electrons. The van der Waals surface area contributed by atoms with Gasteiger partial charge in [0, 0.05) is 23.9 Å². The number of anilines is 2. The molecule has 0 aliphatic rings. The van der Waals surface area contributed by atoms with E-state index in [2.05, 4.69) is 27.2 Å². The molecule has 0 spiro atoms. The molecule has 0 unspecified atom stereocenters. The monoisotopic (exact) mass is 348 g/mol. The van der Waals surface area contributed by atoms with E-state index in [1.54, 1.807) is 18.2 Å². The number of rotatable bonds is 6. The van der Waals surface area contributed by atoms with Gasteiger partial charge in [0.2, 0.25) is 0 Å². The molecule has 2 aromatic carbocycles. The molecule has 0 fully saturated rings. The molecular weight excluding hydrogens is 331 g/mol. The smallest absolute Gasteiger partial charge is 0.270 e. The summed E-state index contributed by atoms with van der Waals surface area (Å²) in [6.45, 7) is 3.91. The van der Waals surface area contributed by atoms with E-state index in [0.29, 0.717) is 23.9 Å². The molecular formula is C20H17FN4O. The highest BCUT2D eigenvalue weighted by Gasteiger charge is 2.13. The zero-order chi connectivity index (χ0) is 18.4. The molecule has 6 heteroatoms. The first-order valence-corrected chi connectivity index (χ1v) is 8.02. The quantitative estimate of drug-likeness (QED) is 0.662. The number of amides is 1. The summed E-state index contributed by atoms with van der Waals surface area (Å²) in [6.07, 6.45) is 1.59. The van der Waals surface area contributed by atoms with Crippen LogP contribution in [0.5, 0.6) is 0 Å². The van der Waals surface area contributed by atoms with Gasteiger partial charge in [0.25, 0.3) is 5.91 Å². The van der Waals surface area contributed by atoms with Crippen LogP contribution in [0.4, 0.5) is 15.9 Å². The maximum Gasteiger partial charge on any atom is 0.270 e. The van der Waals surface area contributed by atoms with Crippen molar-refractivity contribution in [3.05, 3.63) is 84.8 Å². The van der Waals surface area contributed by atoms with E-state index in [1.807, 2.05) is 30.3 Å². The van der Waals surface area contributed by atoms with Crippen molar-refractivity contribution in [2.24, 2.45) is 0 Å². The molecule has 0 atom stereocenters. The number of carbonyl (C=O) groups is 1. The van der Waals surface area contributed by atoms with Gasteiger partial charge >= 0.3 is 0 Å². The van der Waals surface area contributed by atoms with Crippen LogP contribution >= 0.6 is 0 Å². The Labute approximate surface area is 150 Å². The fourth-order valence-corrected chi connectivity index (χ4v) is 2.31. The third-order valence-corrected chi connectivity index (χ3v) is 3.49. The van der Waals surface area contributed by atoms with Gasteiger partial charge in [-0.1, -0.05) is 42.5 Å². The Hall–Kier alpha value is -3.54. The Bertz CT molecular complexity index is 928. The highest BCUT2D eigenvalue weighted by atomic mass is 19.1. The van der Waals surface area contributed by atoms with Crippen LogP contribution in [-0.4, -0.2) is 22.4 Å². The number of aromatic nitrogens is 2. The highest BCUT2D eigenvalue weighted by Crippen LogP contribution is 2.21. The van der Waals surface area contributed by atoms with Crippen LogP contribution in [-0.2, 0) is 0 Å². The highest BCUT2D eigenvalue weighted by molar-refractivity contribution is 5.93. The van der Waals surface area contributed by atoms with E-state index in [9.17, 15) is 9.18 Å². The first kappa shape index (κ1) is 17.3. The van der Waals surface area contributed by atoms with Crippen molar-refractivity contribution in [1.82, 2.24) is 15.3 Å². The van der Waals surface area contributed by atoms with Crippen molar-refractivity contribution >= 4 is 17.4 Å². The van der Waals surface area contributed by atoms with E-state index in [1.165, 1.54) is 18.2 Å². The number of hydrogen-bond donors (Lipinski definition) is 2. The van der Waals surface area contributed by atoms with Gasteiger partial charge in [-0.05, 0) is 18.2 Å². The largest absolute Gasteiger partial charge is 0.347 e. The standard InChI is InChI=1S/C20H17FN4O/c1-2-11-22-20(26)17-13-18(23-16-10-6-9-15(21)12-16)25-19(24-17)14-7-4-3-5-8-14/h2-10,12-13H,1,11H2,(H,22,26)(H,23,24,25). The second-order valence-corrected chi connectivity index (χ2v) is 5.46. The minimum absolute atomic E-state index is 0.208. The van der Waals surface area contributed by atoms with Gasteiger partial charge in [-0.25, -0.2) is 14.4 Å². The van der Waals surface area contributed by atoms with E-state index < -0.39 is 0 Å². The predicted molar refractivity (Wildman–Crippen MR) is 99.7 cm³/mol. The average Bonchev–Trinajstić information content (AvgIpc) is 2.66. The number of nitrogens with zero attached hydrogens (tertiary/aromatic N) is 2. The predicted octanol–water partition coefficient (Wildman–Crippen LogP) is 3.94. The molecule has 0 radical (unpaired) electrons. The van der Waals surface area contributed by atoms with Crippen molar-refractivity contribution < 1.29 is 9.18 Å². The summed E-state index contributed by atoms with van der Waals surface area (Å²) in [6, 6.07) is 16.9. The Kier molecular flexibility index (Phi) is 5.34. The molecule has 5 nitrogen and oxygen atoms in total. The van der Waals surface area contributed by atoms with Gasteiger partial charge in [0.1, 0.15) is 17.3 Å². The number of carbonyl (C=O) groups excluding carboxylic acids is 1. The summed E-state index contributed by atoms with van der Waals surface area (Å²) >= 11 is 0. The molecule has 0 saturated carbocycles. The lowest BCUT2D eigenvalue weighted by atomic mass is 10.2. The van der Waals surface area contributed by atoms with Gasteiger partial charge < -0.3 is 10.6 Å². The van der Waals surface area contributed by atoms with Crippen LogP contribution in [0.25, 0.3) is 11.4 Å². The molecule has 2 N–H and O–H groups in total. The van der Waals surface area contributed by atoms with Crippen molar-refractivity contribution in [1.29, 1.82) is 0 Å². The summed E-state index contributed by atoms with van der Waals surface area (Å²) < 4.78 is 13.4. The third-order valence-electron chi connectivity index (χ3n) is 3.49. The molecule has 0 bridgehead atoms. The topological polar surface area (TPSA) is 66.9 Å². The van der Waals surface area contributed by atoms with Crippen molar-refractivity contribution in [3.8, 4) is 11.4 Å². The van der Waals surface area contributed by atoms with Crippen LogP contribution in [0.15, 0.2) is 73.3 Å². The lowest BCUT2D eigenvalue weighted by Gasteiger charge is -2.10. The van der Waals surface area contributed by atoms with Gasteiger partial charge in [-0.15, -0.1) is 6.58 Å². The molecule has 0 saturated heterocycles. The molecule has 0 aliphatic carbocycles. The van der Waals surface area contributed by atoms with Crippen LogP contribution < -0.4 is 10.6 Å². The number of halogens is 1. The summed E-state index contributed by atoms with van der Waals surface area (Å²) in [5.74, 6) is 0.0898. The zero-order valence-electron chi connectivity index (χ0n) is 13.9. The molecule has 1 aromatic heterocycles. The third kappa shape index (κ3) is 4.30. The average molecular weight is 348 g/mol. The van der Waals surface area contributed by atoms with Crippen molar-refractivity contribution in [2.75, 3.05) is 11.9 Å². The fourth-order valence-electron chi connectivity index (χ4n) is 2.31. The van der Waals surface area contributed by atoms with Crippen molar-refractivity contribution in [2.45, 2.75) is 0 Å². The van der Waals surface area contributed by atoms with Gasteiger partial charge in [-0.3, -0.25) is 4.79 Å². The minimum Gasteiger partial charge on any atom is -0.347 e. The lowest BCUT2D eigenvalue weighted by molar-refractivity contribution is 0.0953. The van der Waals surface area contributed by atoms with Gasteiger partial charge in [0.05, 0.1) is 0 Å². The maximum atomic E-state index is 13.4. The maximum absolute atomic E-state index is 13.4. The molecule has 3 aromatic rings. The molecule has 3 rings (SSSR count). The Morgan fingerprint density at radius 1 is 1.08 bits per heavy atom. The SMILES string of the molecule is C=CCNC(=O)c1cc(Nc2cccc(F)c2)nc(-c2ccccc2)n1. The summed E-state index contributed by atoms with van der Waals surface area (Å²) in [7, 11) is 0. The number of benzene rings is 2. The normalized spacial score (nSPS) is 10.2. The first-order valence-electron chi connectivity index (χ1n) is 8.02. The summed E-state index contributed by atoms with van der Waals surface area (Å²) in [5, 5.41) is 5.71. The van der Waals surface area contributed by atoms with E-state index >= 15 is 0 Å². The number of nitrogens with one attached hydrogen (secondary N) is 2. The van der Waals surface area contributed by atoms with Crippen LogP contribution in [0, 0.1) is 5.82 Å².